The maximum absolute atomic E-state index is 13.5. The Bertz CT molecular complexity index is 1350. The Hall–Kier alpha value is -3.75. The fourth-order valence-corrected chi connectivity index (χ4v) is 6.39. The van der Waals surface area contributed by atoms with Crippen LogP contribution in [0.4, 0.5) is 8.78 Å². The van der Waals surface area contributed by atoms with Gasteiger partial charge in [0.25, 0.3) is 0 Å². The number of carbonyl (C=O) groups is 4. The standard InChI is InChI=1S/C17H18FNO3.C16H20FNO2.CH4/c1-11-19-17(16(21)22-11,13-7-3-2-4-8-13)15(20)12-6-5-9-14(18)10-12;1-11(19)18-15(12-6-3-2-4-7-12)16(20)13-8-5-9-14(17)10-13;/h5-6,9-10,13H,2-4,7-8H2,1H3;5,8-10,12,15H,2-4,6-7H2,1H3,(H,18,19);1H4. The van der Waals surface area contributed by atoms with E-state index in [1.807, 2.05) is 0 Å². The third kappa shape index (κ3) is 8.00. The molecule has 2 aromatic rings. The van der Waals surface area contributed by atoms with E-state index in [0.717, 1.165) is 63.9 Å². The maximum Gasteiger partial charge on any atom is 0.349 e. The molecular weight excluding hydrogens is 554 g/mol. The molecule has 2 atom stereocenters. The molecule has 0 spiro atoms. The van der Waals surface area contributed by atoms with E-state index in [9.17, 15) is 28.0 Å². The van der Waals surface area contributed by atoms with Crippen LogP contribution in [-0.2, 0) is 14.3 Å². The van der Waals surface area contributed by atoms with Crippen LogP contribution in [0.3, 0.4) is 0 Å². The number of amides is 1. The average molecular weight is 597 g/mol. The molecule has 3 aliphatic rings. The molecular formula is C34H42F2N2O5. The highest BCUT2D eigenvalue weighted by molar-refractivity contribution is 6.21. The number of hydrogen-bond donors (Lipinski definition) is 1. The van der Waals surface area contributed by atoms with E-state index in [1.54, 1.807) is 13.0 Å². The number of rotatable bonds is 7. The molecule has 1 aliphatic heterocycles. The number of benzene rings is 2. The highest BCUT2D eigenvalue weighted by Gasteiger charge is 2.57. The summed E-state index contributed by atoms with van der Waals surface area (Å²) in [6.45, 7) is 2.98. The fraction of sp³-hybridized carbons (Fsp3) is 0.500. The lowest BCUT2D eigenvalue weighted by atomic mass is 9.71. The SMILES string of the molecule is C.CC(=O)NC(C(=O)c1cccc(F)c1)C1CCCCC1.CC1=NC(C(=O)c2cccc(F)c2)(C2CCCCC2)C(=O)O1. The van der Waals surface area contributed by atoms with Crippen LogP contribution in [0.5, 0.6) is 0 Å². The summed E-state index contributed by atoms with van der Waals surface area (Å²) in [5, 5.41) is 2.76. The molecule has 0 bridgehead atoms. The third-order valence-electron chi connectivity index (χ3n) is 8.39. The van der Waals surface area contributed by atoms with Gasteiger partial charge in [0.1, 0.15) is 11.6 Å². The number of ketones is 2. The molecule has 7 nitrogen and oxygen atoms in total. The Morgan fingerprint density at radius 1 is 0.884 bits per heavy atom. The Morgan fingerprint density at radius 2 is 1.42 bits per heavy atom. The number of ether oxygens (including phenoxy) is 1. The summed E-state index contributed by atoms with van der Waals surface area (Å²) in [4.78, 5) is 53.7. The summed E-state index contributed by atoms with van der Waals surface area (Å²) in [6.07, 6.45) is 9.75. The minimum absolute atomic E-state index is 0. The van der Waals surface area contributed by atoms with Crippen molar-refractivity contribution < 1.29 is 32.7 Å². The van der Waals surface area contributed by atoms with Gasteiger partial charge in [-0.15, -0.1) is 0 Å². The number of halogens is 2. The Morgan fingerprint density at radius 3 is 1.93 bits per heavy atom. The van der Waals surface area contributed by atoms with Gasteiger partial charge in [0.05, 0.1) is 6.04 Å². The van der Waals surface area contributed by atoms with Gasteiger partial charge < -0.3 is 10.1 Å². The van der Waals surface area contributed by atoms with Crippen LogP contribution in [0.2, 0.25) is 0 Å². The zero-order valence-electron chi connectivity index (χ0n) is 24.2. The van der Waals surface area contributed by atoms with E-state index < -0.39 is 35.0 Å². The van der Waals surface area contributed by atoms with Gasteiger partial charge in [0.15, 0.2) is 11.7 Å². The van der Waals surface area contributed by atoms with Gasteiger partial charge >= 0.3 is 5.97 Å². The number of aliphatic imine (C=N–C) groups is 1. The first kappa shape index (κ1) is 33.7. The van der Waals surface area contributed by atoms with Crippen LogP contribution in [-0.4, -0.2) is 40.9 Å². The van der Waals surface area contributed by atoms with E-state index in [0.29, 0.717) is 5.56 Å². The third-order valence-corrected chi connectivity index (χ3v) is 8.39. The van der Waals surface area contributed by atoms with Gasteiger partial charge in [-0.05, 0) is 55.9 Å². The van der Waals surface area contributed by atoms with Gasteiger partial charge in [-0.2, -0.15) is 0 Å². The first-order chi connectivity index (χ1) is 20.1. The number of carbonyl (C=O) groups excluding carboxylic acids is 4. The number of esters is 1. The number of cyclic esters (lactones) is 1. The highest BCUT2D eigenvalue weighted by atomic mass is 19.1. The molecule has 9 heteroatoms. The molecule has 2 fully saturated rings. The van der Waals surface area contributed by atoms with Crippen LogP contribution in [0.25, 0.3) is 0 Å². The van der Waals surface area contributed by atoms with Crippen molar-refractivity contribution in [2.45, 2.75) is 97.1 Å². The van der Waals surface area contributed by atoms with Crippen molar-refractivity contribution in [3.63, 3.8) is 0 Å². The fourth-order valence-electron chi connectivity index (χ4n) is 6.39. The lowest BCUT2D eigenvalue weighted by molar-refractivity contribution is -0.139. The molecule has 1 N–H and O–H groups in total. The summed E-state index contributed by atoms with van der Waals surface area (Å²) in [5.41, 5.74) is -1.03. The monoisotopic (exact) mass is 596 g/mol. The van der Waals surface area contributed by atoms with Crippen molar-refractivity contribution in [2.24, 2.45) is 16.8 Å². The van der Waals surface area contributed by atoms with Gasteiger partial charge in [0.2, 0.25) is 17.2 Å². The minimum atomic E-state index is -1.53. The van der Waals surface area contributed by atoms with E-state index in [2.05, 4.69) is 10.3 Å². The van der Waals surface area contributed by atoms with Gasteiger partial charge in [-0.3, -0.25) is 14.4 Å². The summed E-state index contributed by atoms with van der Waals surface area (Å²) in [7, 11) is 0. The molecule has 2 unspecified atom stereocenters. The van der Waals surface area contributed by atoms with Crippen LogP contribution in [0, 0.1) is 23.5 Å². The van der Waals surface area contributed by atoms with Crippen molar-refractivity contribution in [1.82, 2.24) is 5.32 Å². The van der Waals surface area contributed by atoms with Crippen LogP contribution >= 0.6 is 0 Å². The summed E-state index contributed by atoms with van der Waals surface area (Å²) < 4.78 is 31.8. The lowest BCUT2D eigenvalue weighted by Gasteiger charge is -2.33. The Balaban J connectivity index is 0.000000231. The second-order valence-corrected chi connectivity index (χ2v) is 11.4. The second-order valence-electron chi connectivity index (χ2n) is 11.4. The van der Waals surface area contributed by atoms with Crippen LogP contribution in [0.1, 0.15) is 106 Å². The summed E-state index contributed by atoms with van der Waals surface area (Å²) in [6, 6.07) is 10.5. The zero-order valence-corrected chi connectivity index (χ0v) is 24.2. The molecule has 1 heterocycles. The molecule has 2 aromatic carbocycles. The Kier molecular flexibility index (Phi) is 11.9. The van der Waals surface area contributed by atoms with Gasteiger partial charge in [-0.25, -0.2) is 18.6 Å². The van der Waals surface area contributed by atoms with Crippen LogP contribution < -0.4 is 5.32 Å². The first-order valence-corrected chi connectivity index (χ1v) is 14.8. The molecule has 2 aliphatic carbocycles. The summed E-state index contributed by atoms with van der Waals surface area (Å²) >= 11 is 0. The molecule has 0 aromatic heterocycles. The van der Waals surface area contributed by atoms with Crippen molar-refractivity contribution in [3.8, 4) is 0 Å². The first-order valence-electron chi connectivity index (χ1n) is 14.8. The molecule has 5 rings (SSSR count). The minimum Gasteiger partial charge on any atom is -0.410 e. The normalized spacial score (nSPS) is 21.3. The number of hydrogen-bond acceptors (Lipinski definition) is 6. The van der Waals surface area contributed by atoms with Crippen molar-refractivity contribution in [1.29, 1.82) is 0 Å². The van der Waals surface area contributed by atoms with Crippen molar-refractivity contribution in [3.05, 3.63) is 71.3 Å². The maximum atomic E-state index is 13.5. The number of nitrogens with one attached hydrogen (secondary N) is 1. The predicted molar refractivity (Wildman–Crippen MR) is 161 cm³/mol. The molecule has 1 amide bonds. The van der Waals surface area contributed by atoms with Gasteiger partial charge in [-0.1, -0.05) is 70.2 Å². The Labute approximate surface area is 252 Å². The van der Waals surface area contributed by atoms with E-state index in [4.69, 9.17) is 4.74 Å². The van der Waals surface area contributed by atoms with E-state index in [-0.39, 0.29) is 42.4 Å². The van der Waals surface area contributed by atoms with Crippen molar-refractivity contribution in [2.75, 3.05) is 0 Å². The van der Waals surface area contributed by atoms with Crippen molar-refractivity contribution >= 4 is 29.3 Å². The molecule has 2 saturated carbocycles. The summed E-state index contributed by atoms with van der Waals surface area (Å²) in [5.74, 6) is -2.23. The number of nitrogens with zero attached hydrogens (tertiary/aromatic N) is 1. The molecule has 232 valence electrons. The lowest BCUT2D eigenvalue weighted by Crippen LogP contribution is -2.50. The second kappa shape index (κ2) is 15.1. The zero-order chi connectivity index (χ0) is 30.3. The van der Waals surface area contributed by atoms with Crippen LogP contribution in [0.15, 0.2) is 53.5 Å². The highest BCUT2D eigenvalue weighted by Crippen LogP contribution is 2.41. The molecule has 0 radical (unpaired) electrons. The molecule has 0 saturated heterocycles. The van der Waals surface area contributed by atoms with E-state index in [1.165, 1.54) is 49.7 Å². The van der Waals surface area contributed by atoms with Gasteiger partial charge in [0, 0.05) is 30.9 Å². The van der Waals surface area contributed by atoms with E-state index >= 15 is 0 Å². The molecule has 43 heavy (non-hydrogen) atoms. The number of Topliss-reactive ketones (excluding diaryl/α,β-unsaturated/α-hetero) is 2. The average Bonchev–Trinajstić information content (AvgIpc) is 3.30. The smallest absolute Gasteiger partial charge is 0.349 e. The largest absolute Gasteiger partial charge is 0.410 e. The topological polar surface area (TPSA) is 102 Å². The predicted octanol–water partition coefficient (Wildman–Crippen LogP) is 7.03. The quantitative estimate of drug-likeness (QED) is 0.210.